The zero-order chi connectivity index (χ0) is 23.6. The maximum Gasteiger partial charge on any atom is 0.261 e. The minimum atomic E-state index is -0.0512. The van der Waals surface area contributed by atoms with Gasteiger partial charge in [0, 0.05) is 17.8 Å². The number of fused-ring (bicyclic) bond motifs is 1. The zero-order valence-electron chi connectivity index (χ0n) is 19.6. The number of methoxy groups -OCH3 is 1. The molecule has 1 aromatic carbocycles. The second kappa shape index (κ2) is 13.7. The summed E-state index contributed by atoms with van der Waals surface area (Å²) < 4.78 is 6.17. The Labute approximate surface area is 215 Å². The fourth-order valence-corrected chi connectivity index (χ4v) is 7.32. The lowest BCUT2D eigenvalue weighted by Gasteiger charge is -2.43. The van der Waals surface area contributed by atoms with Gasteiger partial charge in [-0.05, 0) is 76.9 Å². The average molecular weight is 556 g/mol. The van der Waals surface area contributed by atoms with E-state index in [1.807, 2.05) is 40.9 Å². The van der Waals surface area contributed by atoms with Crippen LogP contribution in [-0.2, 0) is 9.59 Å². The molecule has 0 spiro atoms. The van der Waals surface area contributed by atoms with E-state index in [4.69, 9.17) is 4.74 Å². The summed E-state index contributed by atoms with van der Waals surface area (Å²) in [5.41, 5.74) is 0.942. The summed E-state index contributed by atoms with van der Waals surface area (Å²) in [5, 5.41) is 3.38. The molecule has 0 bridgehead atoms. The minimum Gasteiger partial charge on any atom is -0.496 e. The number of amides is 2. The Kier molecular flexibility index (Phi) is 11.0. The fraction of sp³-hybridized carbons (Fsp3) is 0.600. The average Bonchev–Trinajstić information content (AvgIpc) is 2.81. The van der Waals surface area contributed by atoms with E-state index in [-0.39, 0.29) is 24.4 Å². The number of carbonyl (C=O) groups excluding carboxylic acids is 2. The molecular weight excluding hydrogens is 520 g/mol. The van der Waals surface area contributed by atoms with Gasteiger partial charge in [-0.1, -0.05) is 32.3 Å². The van der Waals surface area contributed by atoms with Gasteiger partial charge in [-0.2, -0.15) is 11.8 Å². The molecule has 3 rings (SSSR count). The first-order chi connectivity index (χ1) is 16.0. The van der Waals surface area contributed by atoms with E-state index >= 15 is 0 Å². The van der Waals surface area contributed by atoms with E-state index in [9.17, 15) is 9.59 Å². The summed E-state index contributed by atoms with van der Waals surface area (Å²) in [5.74, 6) is 2.93. The Morgan fingerprint density at radius 1 is 1.30 bits per heavy atom. The third-order valence-corrected chi connectivity index (χ3v) is 9.21. The van der Waals surface area contributed by atoms with Crippen molar-refractivity contribution in [3.05, 3.63) is 33.1 Å². The van der Waals surface area contributed by atoms with E-state index in [0.717, 1.165) is 52.1 Å². The van der Waals surface area contributed by atoms with Gasteiger partial charge in [0.25, 0.3) is 5.91 Å². The number of benzene rings is 1. The van der Waals surface area contributed by atoms with Gasteiger partial charge >= 0.3 is 0 Å². The van der Waals surface area contributed by atoms with Gasteiger partial charge < -0.3 is 15.0 Å². The molecule has 1 N–H and O–H groups in total. The van der Waals surface area contributed by atoms with E-state index in [1.165, 1.54) is 25.0 Å². The molecular formula is C25H35BrN2O3S2. The summed E-state index contributed by atoms with van der Waals surface area (Å²) in [7, 11) is 1.64. The summed E-state index contributed by atoms with van der Waals surface area (Å²) in [6.07, 6.45) is 9.74. The minimum absolute atomic E-state index is 0.0274. The Hall–Kier alpha value is -1.12. The smallest absolute Gasteiger partial charge is 0.261 e. The summed E-state index contributed by atoms with van der Waals surface area (Å²) in [6.45, 7) is 3.02. The van der Waals surface area contributed by atoms with Crippen LogP contribution in [0.15, 0.2) is 27.6 Å². The Balaban J connectivity index is 1.63. The molecule has 0 radical (unpaired) electrons. The fourth-order valence-electron chi connectivity index (χ4n) is 4.25. The molecule has 8 heteroatoms. The summed E-state index contributed by atoms with van der Waals surface area (Å²) in [4.78, 5) is 28.7. The number of carbonyl (C=O) groups is 2. The largest absolute Gasteiger partial charge is 0.496 e. The van der Waals surface area contributed by atoms with Crippen molar-refractivity contribution in [1.29, 1.82) is 0 Å². The van der Waals surface area contributed by atoms with E-state index in [0.29, 0.717) is 11.8 Å². The molecule has 2 aliphatic rings. The van der Waals surface area contributed by atoms with E-state index in [2.05, 4.69) is 28.2 Å². The van der Waals surface area contributed by atoms with E-state index < -0.39 is 0 Å². The van der Waals surface area contributed by atoms with Crippen LogP contribution in [0.1, 0.15) is 57.4 Å². The van der Waals surface area contributed by atoms with Crippen LogP contribution >= 0.6 is 39.5 Å². The van der Waals surface area contributed by atoms with Crippen molar-refractivity contribution >= 4 is 57.3 Å². The molecule has 1 aliphatic heterocycles. The van der Waals surface area contributed by atoms with Gasteiger partial charge in [0.05, 0.1) is 16.5 Å². The molecule has 2 amide bonds. The quantitative estimate of drug-likeness (QED) is 0.280. The maximum absolute atomic E-state index is 13.4. The number of hydrogen-bond donors (Lipinski definition) is 1. The maximum atomic E-state index is 13.4. The van der Waals surface area contributed by atoms with Crippen LogP contribution < -0.4 is 10.1 Å². The first kappa shape index (κ1) is 26.5. The van der Waals surface area contributed by atoms with Crippen molar-refractivity contribution < 1.29 is 14.3 Å². The van der Waals surface area contributed by atoms with Gasteiger partial charge in [-0.15, -0.1) is 11.8 Å². The van der Waals surface area contributed by atoms with Crippen LogP contribution in [0.4, 0.5) is 0 Å². The van der Waals surface area contributed by atoms with Crippen molar-refractivity contribution in [2.75, 3.05) is 31.7 Å². The van der Waals surface area contributed by atoms with Gasteiger partial charge in [-0.3, -0.25) is 9.59 Å². The lowest BCUT2D eigenvalue weighted by Crippen LogP contribution is -2.54. The summed E-state index contributed by atoms with van der Waals surface area (Å²) in [6, 6.07) is 5.95. The summed E-state index contributed by atoms with van der Waals surface area (Å²) >= 11 is 7.16. The number of thioether (sulfide) groups is 2. The highest BCUT2D eigenvalue weighted by molar-refractivity contribution is 9.10. The molecule has 1 aliphatic carbocycles. The first-order valence-corrected chi connectivity index (χ1v) is 14.7. The predicted octanol–water partition coefficient (Wildman–Crippen LogP) is 5.72. The molecule has 5 nitrogen and oxygen atoms in total. The van der Waals surface area contributed by atoms with Crippen LogP contribution in [0.2, 0.25) is 0 Å². The monoisotopic (exact) mass is 554 g/mol. The second-order valence-electron chi connectivity index (χ2n) is 8.51. The topological polar surface area (TPSA) is 58.6 Å². The number of rotatable bonds is 11. The number of halogens is 1. The molecule has 182 valence electrons. The van der Waals surface area contributed by atoms with Crippen LogP contribution in [0.3, 0.4) is 0 Å². The molecule has 2 fully saturated rings. The third kappa shape index (κ3) is 7.69. The molecule has 0 aromatic heterocycles. The highest BCUT2D eigenvalue weighted by Gasteiger charge is 2.41. The van der Waals surface area contributed by atoms with Crippen LogP contribution in [0.5, 0.6) is 5.75 Å². The van der Waals surface area contributed by atoms with Crippen LogP contribution in [0, 0.1) is 0 Å². The third-order valence-electron chi connectivity index (χ3n) is 6.04. The molecule has 1 saturated heterocycles. The molecule has 2 atom stereocenters. The van der Waals surface area contributed by atoms with Crippen LogP contribution in [-0.4, -0.2) is 59.7 Å². The number of ether oxygens (including phenoxy) is 1. The molecule has 2 unspecified atom stereocenters. The van der Waals surface area contributed by atoms with E-state index in [1.54, 1.807) is 18.9 Å². The SMILES string of the molecule is CCCCSCCCNC(=O)CN1C(=O)/C(=C\c2ccc(OC)c(Br)c2)SC2CCCCC21. The number of unbranched alkanes of at least 4 members (excludes halogenated alkanes) is 1. The number of nitrogens with one attached hydrogen (secondary N) is 1. The van der Waals surface area contributed by atoms with Crippen molar-refractivity contribution in [1.82, 2.24) is 10.2 Å². The Morgan fingerprint density at radius 2 is 2.09 bits per heavy atom. The lowest BCUT2D eigenvalue weighted by atomic mass is 9.93. The van der Waals surface area contributed by atoms with Gasteiger partial charge in [0.15, 0.2) is 0 Å². The highest BCUT2D eigenvalue weighted by Crippen LogP contribution is 2.42. The second-order valence-corrected chi connectivity index (χ2v) is 11.9. The Morgan fingerprint density at radius 3 is 2.85 bits per heavy atom. The standard InChI is InChI=1S/C25H35BrN2O3S2/c1-3-4-13-32-14-7-12-27-24(29)17-28-20-8-5-6-9-22(20)33-23(25(28)30)16-18-10-11-21(31-2)19(26)15-18/h10-11,15-16,20,22H,3-9,12-14,17H2,1-2H3,(H,27,29)/b23-16+. The Bertz CT molecular complexity index is 849. The molecule has 1 aromatic rings. The first-order valence-electron chi connectivity index (χ1n) is 11.9. The van der Waals surface area contributed by atoms with Crippen molar-refractivity contribution in [3.8, 4) is 5.75 Å². The normalized spacial score (nSPS) is 21.7. The zero-order valence-corrected chi connectivity index (χ0v) is 22.8. The van der Waals surface area contributed by atoms with Gasteiger partial charge in [0.2, 0.25) is 5.91 Å². The predicted molar refractivity (Wildman–Crippen MR) is 144 cm³/mol. The van der Waals surface area contributed by atoms with Crippen molar-refractivity contribution in [2.24, 2.45) is 0 Å². The van der Waals surface area contributed by atoms with Gasteiger partial charge in [0.1, 0.15) is 12.3 Å². The lowest BCUT2D eigenvalue weighted by molar-refractivity contribution is -0.135. The number of nitrogens with zero attached hydrogens (tertiary/aromatic N) is 1. The van der Waals surface area contributed by atoms with Gasteiger partial charge in [-0.25, -0.2) is 0 Å². The highest BCUT2D eigenvalue weighted by atomic mass is 79.9. The van der Waals surface area contributed by atoms with Crippen molar-refractivity contribution in [2.45, 2.75) is 63.2 Å². The van der Waals surface area contributed by atoms with Crippen LogP contribution in [0.25, 0.3) is 6.08 Å². The molecule has 1 heterocycles. The molecule has 1 saturated carbocycles. The number of hydrogen-bond acceptors (Lipinski definition) is 5. The van der Waals surface area contributed by atoms with Crippen molar-refractivity contribution in [3.63, 3.8) is 0 Å². The molecule has 33 heavy (non-hydrogen) atoms.